The third-order valence-electron chi connectivity index (χ3n) is 3.37. The predicted molar refractivity (Wildman–Crippen MR) is 86.6 cm³/mol. The van der Waals surface area contributed by atoms with Crippen molar-refractivity contribution in [3.05, 3.63) is 23.8 Å². The summed E-state index contributed by atoms with van der Waals surface area (Å²) < 4.78 is 0. The molecule has 3 atom stereocenters. The minimum absolute atomic E-state index is 0. The second-order valence-electron chi connectivity index (χ2n) is 5.59. The van der Waals surface area contributed by atoms with Gasteiger partial charge in [0, 0.05) is 5.16 Å². The summed E-state index contributed by atoms with van der Waals surface area (Å²) in [5.74, 6) is 0. The van der Waals surface area contributed by atoms with Crippen molar-refractivity contribution in [2.75, 3.05) is 6.16 Å². The molecule has 18 heavy (non-hydrogen) atoms. The molecule has 0 heterocycles. The Bertz CT molecular complexity index is 295. The van der Waals surface area contributed by atoms with Crippen molar-refractivity contribution in [1.82, 2.24) is 0 Å². The zero-order valence-electron chi connectivity index (χ0n) is 12.4. The van der Waals surface area contributed by atoms with Gasteiger partial charge in [-0.3, -0.25) is 0 Å². The van der Waals surface area contributed by atoms with E-state index in [0.29, 0.717) is 5.16 Å². The van der Waals surface area contributed by atoms with Crippen LogP contribution in [0, 0.1) is 0 Å². The van der Waals surface area contributed by atoms with Crippen molar-refractivity contribution in [1.29, 1.82) is 0 Å². The first-order valence-electron chi connectivity index (χ1n) is 6.87. The molecule has 1 aliphatic rings. The van der Waals surface area contributed by atoms with Gasteiger partial charge in [-0.25, -0.2) is 0 Å². The fourth-order valence-electron chi connectivity index (χ4n) is 2.44. The maximum atomic E-state index is 2.39. The van der Waals surface area contributed by atoms with E-state index < -0.39 is 0 Å². The van der Waals surface area contributed by atoms with E-state index in [4.69, 9.17) is 0 Å². The summed E-state index contributed by atoms with van der Waals surface area (Å²) in [5, 5.41) is 0.514. The van der Waals surface area contributed by atoms with Crippen molar-refractivity contribution >= 4 is 17.2 Å². The molecule has 1 rings (SSSR count). The third-order valence-corrected chi connectivity index (χ3v) is 7.33. The molecule has 0 saturated carbocycles. The Balaban J connectivity index is 0.00000289. The van der Waals surface area contributed by atoms with Gasteiger partial charge in [-0.15, -0.1) is 17.2 Å². The van der Waals surface area contributed by atoms with E-state index in [-0.39, 0.29) is 17.1 Å². The second kappa shape index (κ2) is 8.92. The SMILES string of the molecule is CCC(CPC(C)C)(PC(C)C)C1=CC=CC1.[Fe+2]. The molecule has 0 fully saturated rings. The zero-order valence-corrected chi connectivity index (χ0v) is 15.5. The summed E-state index contributed by atoms with van der Waals surface area (Å²) in [5.41, 5.74) is 3.39. The molecule has 0 aromatic rings. The molecule has 3 heteroatoms. The van der Waals surface area contributed by atoms with Crippen LogP contribution in [0.2, 0.25) is 0 Å². The van der Waals surface area contributed by atoms with Crippen molar-refractivity contribution in [2.24, 2.45) is 0 Å². The van der Waals surface area contributed by atoms with Crippen LogP contribution in [0.3, 0.4) is 0 Å². The van der Waals surface area contributed by atoms with Gasteiger partial charge in [0.1, 0.15) is 0 Å². The third kappa shape index (κ3) is 5.46. The average molecular weight is 326 g/mol. The largest absolute Gasteiger partial charge is 2.00 e. The number of rotatable bonds is 7. The van der Waals surface area contributed by atoms with E-state index in [9.17, 15) is 0 Å². The van der Waals surface area contributed by atoms with Gasteiger partial charge in [-0.2, -0.15) is 0 Å². The minimum atomic E-state index is 0. The maximum absolute atomic E-state index is 2.39. The molecule has 0 aromatic heterocycles. The topological polar surface area (TPSA) is 0 Å². The van der Waals surface area contributed by atoms with Gasteiger partial charge >= 0.3 is 17.1 Å². The van der Waals surface area contributed by atoms with E-state index in [2.05, 4.69) is 52.8 Å². The van der Waals surface area contributed by atoms with Crippen LogP contribution in [0.15, 0.2) is 23.8 Å². The van der Waals surface area contributed by atoms with Gasteiger partial charge in [0.15, 0.2) is 0 Å². The van der Waals surface area contributed by atoms with Gasteiger partial charge in [0.25, 0.3) is 0 Å². The molecule has 0 radical (unpaired) electrons. The average Bonchev–Trinajstić information content (AvgIpc) is 2.77. The summed E-state index contributed by atoms with van der Waals surface area (Å²) in [6.45, 7) is 11.9. The minimum Gasteiger partial charge on any atom is -0.118 e. The molecule has 0 spiro atoms. The molecule has 0 nitrogen and oxygen atoms in total. The van der Waals surface area contributed by atoms with E-state index in [0.717, 1.165) is 28.5 Å². The number of allylic oxidation sites excluding steroid dienone is 4. The van der Waals surface area contributed by atoms with Crippen LogP contribution in [-0.4, -0.2) is 22.6 Å². The quantitative estimate of drug-likeness (QED) is 0.446. The zero-order chi connectivity index (χ0) is 12.9. The van der Waals surface area contributed by atoms with Gasteiger partial charge in [0.05, 0.1) is 0 Å². The summed E-state index contributed by atoms with van der Waals surface area (Å²) in [6.07, 6.45) is 10.9. The van der Waals surface area contributed by atoms with Gasteiger partial charge in [0.2, 0.25) is 0 Å². The number of hydrogen-bond acceptors (Lipinski definition) is 0. The molecule has 0 aromatic carbocycles. The molecule has 1 aliphatic carbocycles. The Labute approximate surface area is 128 Å². The summed E-state index contributed by atoms with van der Waals surface area (Å²) >= 11 is 0. The van der Waals surface area contributed by atoms with Crippen molar-refractivity contribution in [3.63, 3.8) is 0 Å². The monoisotopic (exact) mass is 326 g/mol. The first-order valence-corrected chi connectivity index (χ1v) is 9.23. The van der Waals surface area contributed by atoms with Gasteiger partial charge < -0.3 is 0 Å². The summed E-state index contributed by atoms with van der Waals surface area (Å²) in [6, 6.07) is 0. The Kier molecular flexibility index (Phi) is 9.34. The van der Waals surface area contributed by atoms with E-state index in [1.54, 1.807) is 5.57 Å². The van der Waals surface area contributed by atoms with Crippen LogP contribution < -0.4 is 0 Å². The van der Waals surface area contributed by atoms with Crippen LogP contribution >= 0.6 is 17.2 Å². The van der Waals surface area contributed by atoms with E-state index in [1.165, 1.54) is 19.0 Å². The van der Waals surface area contributed by atoms with Crippen LogP contribution in [0.4, 0.5) is 0 Å². The summed E-state index contributed by atoms with van der Waals surface area (Å²) in [7, 11) is 2.19. The maximum Gasteiger partial charge on any atom is 2.00 e. The van der Waals surface area contributed by atoms with Gasteiger partial charge in [-0.1, -0.05) is 58.4 Å². The molecule has 0 aliphatic heterocycles. The standard InChI is InChI=1S/C15H28P2.Fe/c1-6-15(17-13(4)5,11-16-12(2)3)14-9-7-8-10-14;/h7-9,12-13,16-17H,6,10-11H2,1-5H3;/q;+2. The molecular weight excluding hydrogens is 298 g/mol. The fraction of sp³-hybridized carbons (Fsp3) is 0.733. The van der Waals surface area contributed by atoms with Crippen LogP contribution in [0.25, 0.3) is 0 Å². The molecule has 0 N–H and O–H groups in total. The van der Waals surface area contributed by atoms with Crippen LogP contribution in [0.5, 0.6) is 0 Å². The summed E-state index contributed by atoms with van der Waals surface area (Å²) in [4.78, 5) is 0. The smallest absolute Gasteiger partial charge is 0.118 e. The molecule has 3 unspecified atom stereocenters. The van der Waals surface area contributed by atoms with Gasteiger partial charge in [-0.05, 0) is 30.3 Å². The van der Waals surface area contributed by atoms with Crippen LogP contribution in [0.1, 0.15) is 47.5 Å². The van der Waals surface area contributed by atoms with E-state index in [1.807, 2.05) is 0 Å². The van der Waals surface area contributed by atoms with Crippen molar-refractivity contribution in [2.45, 2.75) is 63.9 Å². The predicted octanol–water partition coefficient (Wildman–Crippen LogP) is 5.19. The second-order valence-corrected chi connectivity index (χ2v) is 9.91. The Morgan fingerprint density at radius 1 is 1.22 bits per heavy atom. The molecular formula is C15H28FeP2+2. The molecule has 0 bridgehead atoms. The molecule has 104 valence electrons. The Hall–Kier alpha value is 0.859. The van der Waals surface area contributed by atoms with Crippen molar-refractivity contribution < 1.29 is 17.1 Å². The first kappa shape index (κ1) is 18.9. The number of hydrogen-bond donors (Lipinski definition) is 0. The van der Waals surface area contributed by atoms with E-state index >= 15 is 0 Å². The normalized spacial score (nSPS) is 19.2. The molecule has 0 amide bonds. The van der Waals surface area contributed by atoms with Crippen molar-refractivity contribution in [3.8, 4) is 0 Å². The first-order chi connectivity index (χ1) is 8.00. The fourth-order valence-corrected chi connectivity index (χ4v) is 6.07. The van der Waals surface area contributed by atoms with Crippen LogP contribution in [-0.2, 0) is 17.1 Å². The Morgan fingerprint density at radius 3 is 2.28 bits per heavy atom. The Morgan fingerprint density at radius 2 is 1.89 bits per heavy atom. The molecule has 0 saturated heterocycles.